The minimum atomic E-state index is -0.862. The van der Waals surface area contributed by atoms with Crippen molar-refractivity contribution in [2.75, 3.05) is 0 Å². The molecule has 0 amide bonds. The maximum atomic E-state index is 10.3. The van der Waals surface area contributed by atoms with Crippen molar-refractivity contribution >= 4 is 24.8 Å². The van der Waals surface area contributed by atoms with Crippen LogP contribution in [-0.4, -0.2) is 10.7 Å². The number of aliphatic hydroxyl groups is 1. The van der Waals surface area contributed by atoms with Gasteiger partial charge in [0.25, 0.3) is 0 Å². The van der Waals surface area contributed by atoms with Crippen LogP contribution in [0.1, 0.15) is 34.6 Å². The first-order chi connectivity index (χ1) is 6.96. The average Bonchev–Trinajstić information content (AvgIpc) is 2.21. The Hall–Kier alpha value is 0.383. The molecule has 0 aromatic carbocycles. The molecule has 0 fully saturated rings. The van der Waals surface area contributed by atoms with Crippen molar-refractivity contribution in [3.05, 3.63) is 47.6 Å². The Kier molecular flexibility index (Phi) is 20.6. The van der Waals surface area contributed by atoms with Crippen molar-refractivity contribution in [2.45, 2.75) is 40.2 Å². The second-order valence-electron chi connectivity index (χ2n) is 3.82. The minimum Gasteiger partial charge on any atom is -0.381 e. The van der Waals surface area contributed by atoms with Crippen LogP contribution in [0.4, 0.5) is 0 Å². The molecule has 0 unspecified atom stereocenters. The van der Waals surface area contributed by atoms with Gasteiger partial charge in [-0.1, -0.05) is 36.5 Å². The SMILES string of the molecule is CC=CC=C(C)C(C)(O)C(C)=CC=CC.Cl.Cl.[Zr]. The van der Waals surface area contributed by atoms with Crippen LogP contribution in [0.25, 0.3) is 0 Å². The predicted octanol–water partition coefficient (Wildman–Crippen LogP) is 4.62. The molecule has 0 saturated carbocycles. The summed E-state index contributed by atoms with van der Waals surface area (Å²) in [6.07, 6.45) is 11.6. The summed E-state index contributed by atoms with van der Waals surface area (Å²) in [6, 6.07) is 0. The Balaban J connectivity index is -0.000000327. The standard InChI is InChI=1S/C14H22O.2ClH.Zr/c1-6-8-10-12(3)14(5,15)13(4)11-9-7-2;;;/h6-11,15H,1-5H3;2*1H;. The molecule has 0 atom stereocenters. The molecule has 0 bridgehead atoms. The first-order valence-corrected chi connectivity index (χ1v) is 5.29. The van der Waals surface area contributed by atoms with E-state index in [1.54, 1.807) is 0 Å². The van der Waals surface area contributed by atoms with E-state index in [1.807, 2.05) is 71.1 Å². The van der Waals surface area contributed by atoms with Crippen LogP contribution in [0.2, 0.25) is 0 Å². The van der Waals surface area contributed by atoms with Crippen LogP contribution in [0.3, 0.4) is 0 Å². The first kappa shape index (κ1) is 26.9. The van der Waals surface area contributed by atoms with E-state index < -0.39 is 5.60 Å². The topological polar surface area (TPSA) is 20.2 Å². The largest absolute Gasteiger partial charge is 0.381 e. The van der Waals surface area contributed by atoms with Crippen molar-refractivity contribution in [3.63, 3.8) is 0 Å². The maximum Gasteiger partial charge on any atom is 0.104 e. The molecule has 0 spiro atoms. The number of hydrogen-bond donors (Lipinski definition) is 1. The summed E-state index contributed by atoms with van der Waals surface area (Å²) in [5.41, 5.74) is 1.02. The zero-order valence-electron chi connectivity index (χ0n) is 11.7. The quantitative estimate of drug-likeness (QED) is 0.716. The monoisotopic (exact) mass is 368 g/mol. The number of halogens is 2. The van der Waals surface area contributed by atoms with E-state index >= 15 is 0 Å². The van der Waals surface area contributed by atoms with E-state index in [9.17, 15) is 5.11 Å². The van der Waals surface area contributed by atoms with E-state index in [0.29, 0.717) is 0 Å². The molecule has 0 aliphatic rings. The number of hydrogen-bond acceptors (Lipinski definition) is 1. The molecular weight excluding hydrogens is 346 g/mol. The second-order valence-corrected chi connectivity index (χ2v) is 3.82. The van der Waals surface area contributed by atoms with Crippen molar-refractivity contribution < 1.29 is 31.3 Å². The van der Waals surface area contributed by atoms with Gasteiger partial charge in [-0.15, -0.1) is 24.8 Å². The van der Waals surface area contributed by atoms with Gasteiger partial charge in [-0.05, 0) is 45.8 Å². The fraction of sp³-hybridized carbons (Fsp3) is 0.429. The van der Waals surface area contributed by atoms with Gasteiger partial charge in [-0.2, -0.15) is 0 Å². The molecule has 18 heavy (non-hydrogen) atoms. The smallest absolute Gasteiger partial charge is 0.104 e. The van der Waals surface area contributed by atoms with Gasteiger partial charge in [0, 0.05) is 26.2 Å². The molecule has 1 nitrogen and oxygen atoms in total. The van der Waals surface area contributed by atoms with Crippen LogP contribution in [-0.2, 0) is 26.2 Å². The van der Waals surface area contributed by atoms with Crippen molar-refractivity contribution in [3.8, 4) is 0 Å². The van der Waals surface area contributed by atoms with Crippen molar-refractivity contribution in [1.82, 2.24) is 0 Å². The molecule has 0 heterocycles. The van der Waals surface area contributed by atoms with Crippen LogP contribution in [0.15, 0.2) is 47.6 Å². The van der Waals surface area contributed by atoms with E-state index in [1.165, 1.54) is 0 Å². The first-order valence-electron chi connectivity index (χ1n) is 5.29. The average molecular weight is 370 g/mol. The summed E-state index contributed by atoms with van der Waals surface area (Å²) in [5.74, 6) is 0. The second kappa shape index (κ2) is 13.8. The summed E-state index contributed by atoms with van der Waals surface area (Å²) >= 11 is 0. The van der Waals surface area contributed by atoms with Gasteiger partial charge in [-0.3, -0.25) is 0 Å². The van der Waals surface area contributed by atoms with Gasteiger partial charge in [0.1, 0.15) is 5.60 Å². The van der Waals surface area contributed by atoms with Crippen LogP contribution < -0.4 is 0 Å². The third-order valence-corrected chi connectivity index (χ3v) is 2.61. The zero-order chi connectivity index (χ0) is 11.9. The molecule has 0 aromatic rings. The molecule has 0 saturated heterocycles. The molecule has 1 N–H and O–H groups in total. The molecular formula is C14H24Cl2OZr. The molecule has 4 heteroatoms. The molecule has 0 aromatic heterocycles. The molecule has 0 aliphatic heterocycles. The fourth-order valence-corrected chi connectivity index (χ4v) is 1.12. The van der Waals surface area contributed by atoms with Gasteiger partial charge < -0.3 is 5.11 Å². The molecule has 104 valence electrons. The maximum absolute atomic E-state index is 10.3. The number of allylic oxidation sites excluding steroid dienone is 6. The minimum absolute atomic E-state index is 0. The Bertz CT molecular complexity index is 286. The third-order valence-electron chi connectivity index (χ3n) is 2.61. The van der Waals surface area contributed by atoms with E-state index in [-0.39, 0.29) is 51.0 Å². The van der Waals surface area contributed by atoms with E-state index in [0.717, 1.165) is 11.1 Å². The third kappa shape index (κ3) is 9.33. The van der Waals surface area contributed by atoms with Crippen LogP contribution in [0.5, 0.6) is 0 Å². The molecule has 0 aliphatic carbocycles. The van der Waals surface area contributed by atoms with Crippen LogP contribution >= 0.6 is 24.8 Å². The summed E-state index contributed by atoms with van der Waals surface area (Å²) in [7, 11) is 0. The molecule has 0 radical (unpaired) electrons. The van der Waals surface area contributed by atoms with Crippen molar-refractivity contribution in [2.24, 2.45) is 0 Å². The molecule has 0 rings (SSSR count). The normalized spacial score (nSPS) is 15.7. The zero-order valence-corrected chi connectivity index (χ0v) is 15.8. The summed E-state index contributed by atoms with van der Waals surface area (Å²) < 4.78 is 0. The Morgan fingerprint density at radius 2 is 1.17 bits per heavy atom. The Morgan fingerprint density at radius 1 is 0.889 bits per heavy atom. The fourth-order valence-electron chi connectivity index (χ4n) is 1.12. The van der Waals surface area contributed by atoms with Gasteiger partial charge in [0.05, 0.1) is 0 Å². The van der Waals surface area contributed by atoms with E-state index in [2.05, 4.69) is 0 Å². The summed E-state index contributed by atoms with van der Waals surface area (Å²) in [6.45, 7) is 9.61. The Labute approximate surface area is 143 Å². The van der Waals surface area contributed by atoms with E-state index in [4.69, 9.17) is 0 Å². The number of rotatable bonds is 4. The summed E-state index contributed by atoms with van der Waals surface area (Å²) in [5, 5.41) is 10.3. The van der Waals surface area contributed by atoms with Crippen molar-refractivity contribution in [1.29, 1.82) is 0 Å². The van der Waals surface area contributed by atoms with Gasteiger partial charge >= 0.3 is 0 Å². The predicted molar refractivity (Wildman–Crippen MR) is 82.3 cm³/mol. The Morgan fingerprint density at radius 3 is 1.39 bits per heavy atom. The van der Waals surface area contributed by atoms with Gasteiger partial charge in [0.2, 0.25) is 0 Å². The van der Waals surface area contributed by atoms with Gasteiger partial charge in [-0.25, -0.2) is 0 Å². The van der Waals surface area contributed by atoms with Crippen LogP contribution in [0, 0.1) is 0 Å². The summed E-state index contributed by atoms with van der Waals surface area (Å²) in [4.78, 5) is 0. The van der Waals surface area contributed by atoms with Gasteiger partial charge in [0.15, 0.2) is 0 Å².